The van der Waals surface area contributed by atoms with Gasteiger partial charge in [0.05, 0.1) is 11.1 Å². The van der Waals surface area contributed by atoms with E-state index in [0.29, 0.717) is 12.8 Å². The Hall–Kier alpha value is -2.99. The molecule has 0 unspecified atom stereocenters. The van der Waals surface area contributed by atoms with Gasteiger partial charge in [-0.1, -0.05) is 6.42 Å². The number of benzene rings is 2. The Kier molecular flexibility index (Phi) is 7.38. The van der Waals surface area contributed by atoms with Crippen molar-refractivity contribution in [3.05, 3.63) is 59.4 Å². The van der Waals surface area contributed by atoms with Crippen LogP contribution in [0.5, 0.6) is 0 Å². The van der Waals surface area contributed by atoms with Gasteiger partial charge in [0.1, 0.15) is 10.7 Å². The molecule has 0 aliphatic carbocycles. The largest absolute Gasteiger partial charge is 0.452 e. The van der Waals surface area contributed by atoms with Gasteiger partial charge in [0.2, 0.25) is 10.0 Å². The van der Waals surface area contributed by atoms with Gasteiger partial charge in [-0.15, -0.1) is 0 Å². The molecule has 0 radical (unpaired) electrons. The van der Waals surface area contributed by atoms with Crippen molar-refractivity contribution >= 4 is 27.6 Å². The maximum Gasteiger partial charge on any atom is 0.416 e. The van der Waals surface area contributed by atoms with Crippen molar-refractivity contribution in [2.45, 2.75) is 30.3 Å². The number of amides is 1. The molecule has 0 bridgehead atoms. The number of hydrogen-bond donors (Lipinski definition) is 1. The van der Waals surface area contributed by atoms with E-state index in [2.05, 4.69) is 5.32 Å². The second-order valence-corrected chi connectivity index (χ2v) is 9.22. The molecule has 1 N–H and O–H groups in total. The first-order chi connectivity index (χ1) is 15.5. The summed E-state index contributed by atoms with van der Waals surface area (Å²) in [6.07, 6.45) is -2.35. The fourth-order valence-corrected chi connectivity index (χ4v) is 4.83. The van der Waals surface area contributed by atoms with Crippen molar-refractivity contribution in [3.63, 3.8) is 0 Å². The van der Waals surface area contributed by atoms with Gasteiger partial charge in [0.15, 0.2) is 6.61 Å². The Bertz CT molecular complexity index is 1130. The Morgan fingerprint density at radius 1 is 1.00 bits per heavy atom. The lowest BCUT2D eigenvalue weighted by Gasteiger charge is -2.26. The van der Waals surface area contributed by atoms with Crippen LogP contribution in [0.25, 0.3) is 0 Å². The summed E-state index contributed by atoms with van der Waals surface area (Å²) in [5, 5.41) is 2.27. The van der Waals surface area contributed by atoms with Crippen LogP contribution < -0.4 is 5.32 Å². The highest BCUT2D eigenvalue weighted by Gasteiger charge is 2.31. The van der Waals surface area contributed by atoms with Gasteiger partial charge in [-0.25, -0.2) is 17.6 Å². The summed E-state index contributed by atoms with van der Waals surface area (Å²) in [7, 11) is -4.14. The minimum Gasteiger partial charge on any atom is -0.452 e. The van der Waals surface area contributed by atoms with Crippen molar-refractivity contribution in [2.75, 3.05) is 25.0 Å². The third kappa shape index (κ3) is 6.08. The SMILES string of the molecule is O=C(COC(=O)c1ccc(F)c(S(=O)(=O)N2CCCCC2)c1)Nc1ccc(C(F)(F)F)cc1. The third-order valence-corrected chi connectivity index (χ3v) is 6.84. The molecular formula is C21H20F4N2O5S. The van der Waals surface area contributed by atoms with E-state index in [1.807, 2.05) is 0 Å². The van der Waals surface area contributed by atoms with Crippen molar-refractivity contribution in [1.82, 2.24) is 4.31 Å². The molecule has 1 amide bonds. The van der Waals surface area contributed by atoms with Crippen LogP contribution in [0.15, 0.2) is 47.4 Å². The summed E-state index contributed by atoms with van der Waals surface area (Å²) in [6.45, 7) is -0.285. The molecule has 0 aromatic heterocycles. The van der Waals surface area contributed by atoms with E-state index in [1.54, 1.807) is 0 Å². The highest BCUT2D eigenvalue weighted by atomic mass is 32.2. The lowest BCUT2D eigenvalue weighted by atomic mass is 10.2. The average molecular weight is 488 g/mol. The number of alkyl halides is 3. The van der Waals surface area contributed by atoms with Crippen LogP contribution in [0.4, 0.5) is 23.2 Å². The number of anilines is 1. The second kappa shape index (κ2) is 9.87. The van der Waals surface area contributed by atoms with Crippen LogP contribution in [0.2, 0.25) is 0 Å². The smallest absolute Gasteiger partial charge is 0.416 e. The zero-order valence-electron chi connectivity index (χ0n) is 17.2. The van der Waals surface area contributed by atoms with Gasteiger partial charge in [0, 0.05) is 18.8 Å². The first kappa shape index (κ1) is 24.6. The molecule has 0 atom stereocenters. The van der Waals surface area contributed by atoms with Gasteiger partial charge >= 0.3 is 12.1 Å². The molecule has 7 nitrogen and oxygen atoms in total. The number of carbonyl (C=O) groups excluding carboxylic acids is 2. The van der Waals surface area contributed by atoms with Gasteiger partial charge in [-0.2, -0.15) is 17.5 Å². The number of piperidine rings is 1. The number of esters is 1. The number of nitrogens with one attached hydrogen (secondary N) is 1. The Morgan fingerprint density at radius 3 is 2.24 bits per heavy atom. The Labute approximate surface area is 187 Å². The predicted molar refractivity (Wildman–Crippen MR) is 109 cm³/mol. The summed E-state index contributed by atoms with van der Waals surface area (Å²) in [5.74, 6) is -2.91. The van der Waals surface area contributed by atoms with Crippen molar-refractivity contribution in [3.8, 4) is 0 Å². The predicted octanol–water partition coefficient (Wildman–Crippen LogP) is 3.81. The first-order valence-electron chi connectivity index (χ1n) is 9.92. The van der Waals surface area contributed by atoms with E-state index in [1.165, 1.54) is 0 Å². The van der Waals surface area contributed by atoms with Gasteiger partial charge in [-0.05, 0) is 55.3 Å². The normalized spacial score (nSPS) is 15.2. The molecule has 1 saturated heterocycles. The summed E-state index contributed by atoms with van der Waals surface area (Å²) in [6, 6.07) is 6.36. The van der Waals surface area contributed by atoms with Crippen LogP contribution in [0.3, 0.4) is 0 Å². The van der Waals surface area contributed by atoms with Crippen molar-refractivity contribution in [2.24, 2.45) is 0 Å². The van der Waals surface area contributed by atoms with Gasteiger partial charge in [-0.3, -0.25) is 4.79 Å². The number of sulfonamides is 1. The lowest BCUT2D eigenvalue weighted by Crippen LogP contribution is -2.36. The summed E-state index contributed by atoms with van der Waals surface area (Å²) < 4.78 is 83.4. The molecule has 12 heteroatoms. The van der Waals surface area contributed by atoms with Crippen LogP contribution in [0.1, 0.15) is 35.2 Å². The summed E-state index contributed by atoms with van der Waals surface area (Å²) in [4.78, 5) is 23.5. The number of hydrogen-bond acceptors (Lipinski definition) is 5. The monoisotopic (exact) mass is 488 g/mol. The van der Waals surface area contributed by atoms with E-state index in [9.17, 15) is 35.6 Å². The highest BCUT2D eigenvalue weighted by molar-refractivity contribution is 7.89. The van der Waals surface area contributed by atoms with Crippen molar-refractivity contribution in [1.29, 1.82) is 0 Å². The van der Waals surface area contributed by atoms with Crippen LogP contribution in [-0.4, -0.2) is 44.3 Å². The molecule has 1 aliphatic rings. The molecule has 1 heterocycles. The summed E-state index contributed by atoms with van der Waals surface area (Å²) in [5.41, 5.74) is -1.10. The number of ether oxygens (including phenoxy) is 1. The van der Waals surface area contributed by atoms with Gasteiger partial charge in [0.25, 0.3) is 5.91 Å². The number of nitrogens with zero attached hydrogens (tertiary/aromatic N) is 1. The zero-order valence-corrected chi connectivity index (χ0v) is 18.0. The molecule has 0 spiro atoms. The molecule has 178 valence electrons. The maximum absolute atomic E-state index is 14.2. The van der Waals surface area contributed by atoms with Crippen LogP contribution in [0, 0.1) is 5.82 Å². The van der Waals surface area contributed by atoms with E-state index in [0.717, 1.165) is 53.2 Å². The minimum atomic E-state index is -4.52. The zero-order chi connectivity index (χ0) is 24.2. The van der Waals surface area contributed by atoms with Crippen LogP contribution >= 0.6 is 0 Å². The number of halogens is 4. The molecule has 0 saturated carbocycles. The standard InChI is InChI=1S/C21H20F4N2O5S/c22-17-9-4-14(12-18(17)33(30,31)27-10-2-1-3-11-27)20(29)32-13-19(28)26-16-7-5-15(6-8-16)21(23,24)25/h4-9,12H,1-3,10-11,13H2,(H,26,28). The Balaban J connectivity index is 1.63. The lowest BCUT2D eigenvalue weighted by molar-refractivity contribution is -0.137. The maximum atomic E-state index is 14.2. The first-order valence-corrected chi connectivity index (χ1v) is 11.4. The molecule has 2 aromatic carbocycles. The second-order valence-electron chi connectivity index (χ2n) is 7.31. The van der Waals surface area contributed by atoms with E-state index in [4.69, 9.17) is 4.74 Å². The average Bonchev–Trinajstić information content (AvgIpc) is 2.78. The van der Waals surface area contributed by atoms with Gasteiger partial charge < -0.3 is 10.1 Å². The fraction of sp³-hybridized carbons (Fsp3) is 0.333. The molecule has 2 aromatic rings. The third-order valence-electron chi connectivity index (χ3n) is 4.93. The molecule has 1 aliphatic heterocycles. The van der Waals surface area contributed by atoms with Crippen LogP contribution in [-0.2, 0) is 25.7 Å². The van der Waals surface area contributed by atoms with E-state index in [-0.39, 0.29) is 24.3 Å². The molecule has 1 fully saturated rings. The molecule has 33 heavy (non-hydrogen) atoms. The minimum absolute atomic E-state index is 0.0562. The quantitative estimate of drug-likeness (QED) is 0.493. The van der Waals surface area contributed by atoms with Crippen molar-refractivity contribution < 1.29 is 40.3 Å². The van der Waals surface area contributed by atoms with E-state index < -0.39 is 51.0 Å². The molecular weight excluding hydrogens is 468 g/mol. The fourth-order valence-electron chi connectivity index (χ4n) is 3.23. The van der Waals surface area contributed by atoms with E-state index >= 15 is 0 Å². The molecule has 3 rings (SSSR count). The number of carbonyl (C=O) groups is 2. The number of rotatable bonds is 6. The topological polar surface area (TPSA) is 92.8 Å². The Morgan fingerprint density at radius 2 is 1.64 bits per heavy atom. The summed E-state index contributed by atoms with van der Waals surface area (Å²) >= 11 is 0. The highest BCUT2D eigenvalue weighted by Crippen LogP contribution is 2.30.